The summed E-state index contributed by atoms with van der Waals surface area (Å²) in [6.45, 7) is 1.62. The highest BCUT2D eigenvalue weighted by Crippen LogP contribution is 2.23. The quantitative estimate of drug-likeness (QED) is 0.723. The highest BCUT2D eigenvalue weighted by molar-refractivity contribution is 6.02. The molecule has 4 nitrogen and oxygen atoms in total. The van der Waals surface area contributed by atoms with Crippen LogP contribution in [0, 0.1) is 6.92 Å². The Morgan fingerprint density at radius 3 is 2.67 bits per heavy atom. The normalized spacial score (nSPS) is 10.5. The average Bonchev–Trinajstić information content (AvgIpc) is 2.49. The zero-order valence-corrected chi connectivity index (χ0v) is 8.10. The summed E-state index contributed by atoms with van der Waals surface area (Å²) in [5.74, 6) is 0. The van der Waals surface area contributed by atoms with E-state index in [0.717, 1.165) is 4.57 Å². The molecule has 0 bridgehead atoms. The fourth-order valence-electron chi connectivity index (χ4n) is 1.79. The van der Waals surface area contributed by atoms with Crippen molar-refractivity contribution in [3.63, 3.8) is 0 Å². The van der Waals surface area contributed by atoms with Crippen molar-refractivity contribution < 1.29 is 14.7 Å². The maximum Gasteiger partial charge on any atom is 0.416 e. The minimum atomic E-state index is -1.07. The van der Waals surface area contributed by atoms with Crippen molar-refractivity contribution in [2.45, 2.75) is 6.92 Å². The number of nitrogens with zero attached hydrogens (tertiary/aromatic N) is 1. The second-order valence-electron chi connectivity index (χ2n) is 3.25. The number of benzene rings is 1. The molecule has 0 aliphatic rings. The average molecular weight is 203 g/mol. The molecule has 4 heteroatoms. The van der Waals surface area contributed by atoms with Gasteiger partial charge in [-0.25, -0.2) is 9.36 Å². The lowest BCUT2D eigenvalue weighted by Crippen LogP contribution is -2.09. The van der Waals surface area contributed by atoms with Crippen LogP contribution in [-0.4, -0.2) is 22.1 Å². The molecule has 0 saturated heterocycles. The summed E-state index contributed by atoms with van der Waals surface area (Å²) in [5.41, 5.74) is 1.44. The zero-order valence-electron chi connectivity index (χ0n) is 8.10. The summed E-state index contributed by atoms with van der Waals surface area (Å²) in [5, 5.41) is 9.69. The number of carboxylic acid groups (broad SMARTS) is 1. The third kappa shape index (κ3) is 1.22. The van der Waals surface area contributed by atoms with Gasteiger partial charge in [-0.2, -0.15) is 0 Å². The molecule has 0 unspecified atom stereocenters. The molecule has 0 fully saturated rings. The summed E-state index contributed by atoms with van der Waals surface area (Å²) >= 11 is 0. The predicted molar refractivity (Wildman–Crippen MR) is 55.5 cm³/mol. The number of carbonyl (C=O) groups excluding carboxylic acids is 1. The SMILES string of the molecule is Cc1c(C=O)c2ccccc2n1C(=O)O. The van der Waals surface area contributed by atoms with Crippen LogP contribution in [0.1, 0.15) is 16.1 Å². The molecule has 2 rings (SSSR count). The van der Waals surface area contributed by atoms with Gasteiger partial charge in [-0.1, -0.05) is 18.2 Å². The fourth-order valence-corrected chi connectivity index (χ4v) is 1.79. The monoisotopic (exact) mass is 203 g/mol. The van der Waals surface area contributed by atoms with E-state index in [-0.39, 0.29) is 0 Å². The van der Waals surface area contributed by atoms with Gasteiger partial charge >= 0.3 is 6.09 Å². The lowest BCUT2D eigenvalue weighted by molar-refractivity contribution is 0.112. The van der Waals surface area contributed by atoms with Gasteiger partial charge in [0.15, 0.2) is 6.29 Å². The van der Waals surface area contributed by atoms with Crippen molar-refractivity contribution in [2.75, 3.05) is 0 Å². The van der Waals surface area contributed by atoms with E-state index >= 15 is 0 Å². The summed E-state index contributed by atoms with van der Waals surface area (Å²) in [6.07, 6.45) is -0.381. The van der Waals surface area contributed by atoms with Gasteiger partial charge in [0.25, 0.3) is 0 Å². The van der Waals surface area contributed by atoms with E-state index < -0.39 is 6.09 Å². The second-order valence-corrected chi connectivity index (χ2v) is 3.25. The highest BCUT2D eigenvalue weighted by atomic mass is 16.4. The first kappa shape index (κ1) is 9.45. The Kier molecular flexibility index (Phi) is 2.04. The predicted octanol–water partition coefficient (Wildman–Crippen LogP) is 2.29. The Balaban J connectivity index is 2.97. The fraction of sp³-hybridized carbons (Fsp3) is 0.0909. The van der Waals surface area contributed by atoms with E-state index in [1.165, 1.54) is 0 Å². The minimum absolute atomic E-state index is 0.438. The number of para-hydroxylation sites is 1. The maximum atomic E-state index is 11.0. The van der Waals surface area contributed by atoms with Crippen LogP contribution in [0.5, 0.6) is 0 Å². The molecule has 1 heterocycles. The van der Waals surface area contributed by atoms with Crippen LogP contribution < -0.4 is 0 Å². The molecule has 1 aromatic carbocycles. The number of rotatable bonds is 1. The van der Waals surface area contributed by atoms with Crippen molar-refractivity contribution in [1.82, 2.24) is 4.57 Å². The number of carbonyl (C=O) groups is 2. The molecule has 76 valence electrons. The molecule has 1 N–H and O–H groups in total. The van der Waals surface area contributed by atoms with E-state index in [4.69, 9.17) is 5.11 Å². The van der Waals surface area contributed by atoms with Gasteiger partial charge in [0.2, 0.25) is 0 Å². The Morgan fingerprint density at radius 2 is 2.07 bits per heavy atom. The van der Waals surface area contributed by atoms with E-state index in [1.807, 2.05) is 0 Å². The summed E-state index contributed by atoms with van der Waals surface area (Å²) < 4.78 is 1.12. The summed E-state index contributed by atoms with van der Waals surface area (Å²) in [6, 6.07) is 6.95. The van der Waals surface area contributed by atoms with Crippen LogP contribution in [0.25, 0.3) is 10.9 Å². The van der Waals surface area contributed by atoms with Crippen molar-refractivity contribution in [2.24, 2.45) is 0 Å². The summed E-state index contributed by atoms with van der Waals surface area (Å²) in [4.78, 5) is 21.9. The van der Waals surface area contributed by atoms with Crippen molar-refractivity contribution in [3.8, 4) is 0 Å². The molecule has 0 saturated carbocycles. The summed E-state index contributed by atoms with van der Waals surface area (Å²) in [7, 11) is 0. The first-order valence-electron chi connectivity index (χ1n) is 4.45. The van der Waals surface area contributed by atoms with E-state index in [0.29, 0.717) is 28.4 Å². The van der Waals surface area contributed by atoms with E-state index in [2.05, 4.69) is 0 Å². The first-order chi connectivity index (χ1) is 7.16. The van der Waals surface area contributed by atoms with Gasteiger partial charge in [0, 0.05) is 16.6 Å². The van der Waals surface area contributed by atoms with Crippen LogP contribution in [0.3, 0.4) is 0 Å². The smallest absolute Gasteiger partial charge is 0.416 e. The molecular formula is C11H9NO3. The minimum Gasteiger partial charge on any atom is -0.464 e. The number of aldehydes is 1. The third-order valence-corrected chi connectivity index (χ3v) is 2.47. The van der Waals surface area contributed by atoms with Crippen LogP contribution in [0.4, 0.5) is 4.79 Å². The Morgan fingerprint density at radius 1 is 1.40 bits per heavy atom. The molecule has 0 amide bonds. The molecule has 0 aliphatic heterocycles. The Bertz CT molecular complexity index is 554. The first-order valence-corrected chi connectivity index (χ1v) is 4.45. The highest BCUT2D eigenvalue weighted by Gasteiger charge is 2.16. The molecular weight excluding hydrogens is 194 g/mol. The molecule has 1 aromatic heterocycles. The van der Waals surface area contributed by atoms with Crippen molar-refractivity contribution in [3.05, 3.63) is 35.5 Å². The Labute approximate surface area is 85.7 Å². The van der Waals surface area contributed by atoms with Crippen LogP contribution >= 0.6 is 0 Å². The number of hydrogen-bond acceptors (Lipinski definition) is 2. The van der Waals surface area contributed by atoms with Crippen molar-refractivity contribution in [1.29, 1.82) is 0 Å². The molecule has 0 atom stereocenters. The van der Waals surface area contributed by atoms with Gasteiger partial charge in [0.1, 0.15) is 0 Å². The lowest BCUT2D eigenvalue weighted by Gasteiger charge is -1.99. The van der Waals surface area contributed by atoms with Gasteiger partial charge < -0.3 is 5.11 Å². The standard InChI is InChI=1S/C11H9NO3/c1-7-9(6-13)8-4-2-3-5-10(8)12(7)11(14)15/h2-6H,1H3,(H,14,15). The van der Waals surface area contributed by atoms with Crippen LogP contribution in [-0.2, 0) is 0 Å². The maximum absolute atomic E-state index is 11.0. The third-order valence-electron chi connectivity index (χ3n) is 2.47. The number of hydrogen-bond donors (Lipinski definition) is 1. The molecule has 0 aliphatic carbocycles. The largest absolute Gasteiger partial charge is 0.464 e. The molecule has 15 heavy (non-hydrogen) atoms. The molecule has 0 spiro atoms. The van der Waals surface area contributed by atoms with E-state index in [1.54, 1.807) is 31.2 Å². The van der Waals surface area contributed by atoms with Crippen LogP contribution in [0.15, 0.2) is 24.3 Å². The van der Waals surface area contributed by atoms with Gasteiger partial charge in [0.05, 0.1) is 5.52 Å². The Hall–Kier alpha value is -2.10. The van der Waals surface area contributed by atoms with E-state index in [9.17, 15) is 9.59 Å². The van der Waals surface area contributed by atoms with Gasteiger partial charge in [-0.15, -0.1) is 0 Å². The van der Waals surface area contributed by atoms with Crippen molar-refractivity contribution >= 4 is 23.3 Å². The number of fused-ring (bicyclic) bond motifs is 1. The molecule has 2 aromatic rings. The topological polar surface area (TPSA) is 59.3 Å². The zero-order chi connectivity index (χ0) is 11.0. The molecule has 0 radical (unpaired) electrons. The van der Waals surface area contributed by atoms with Crippen LogP contribution in [0.2, 0.25) is 0 Å². The second kappa shape index (κ2) is 3.24. The van der Waals surface area contributed by atoms with Gasteiger partial charge in [-0.3, -0.25) is 4.79 Å². The van der Waals surface area contributed by atoms with Gasteiger partial charge in [-0.05, 0) is 13.0 Å². The lowest BCUT2D eigenvalue weighted by atomic mass is 10.1. The number of aromatic nitrogens is 1.